The van der Waals surface area contributed by atoms with Crippen LogP contribution in [-0.4, -0.2) is 14.9 Å². The Hall–Kier alpha value is -3.32. The molecule has 0 unspecified atom stereocenters. The van der Waals surface area contributed by atoms with Crippen LogP contribution in [0, 0.1) is 10.1 Å². The van der Waals surface area contributed by atoms with Gasteiger partial charge in [-0.1, -0.05) is 18.2 Å². The Kier molecular flexibility index (Phi) is 3.83. The zero-order valence-corrected chi connectivity index (χ0v) is 13.7. The molecule has 0 amide bonds. The molecule has 25 heavy (non-hydrogen) atoms. The highest BCUT2D eigenvalue weighted by Gasteiger charge is 2.11. The number of hydrogen-bond donors (Lipinski definition) is 1. The number of nitro benzene ring substituents is 1. The van der Waals surface area contributed by atoms with Gasteiger partial charge in [0.25, 0.3) is 5.69 Å². The minimum atomic E-state index is -0.418. The van der Waals surface area contributed by atoms with E-state index in [4.69, 9.17) is 0 Å². The molecule has 0 spiro atoms. The highest BCUT2D eigenvalue weighted by atomic mass is 32.1. The van der Waals surface area contributed by atoms with Crippen molar-refractivity contribution >= 4 is 39.4 Å². The number of thiophene rings is 1. The summed E-state index contributed by atoms with van der Waals surface area (Å²) in [5.41, 5.74) is 1.62. The van der Waals surface area contributed by atoms with Crippen molar-refractivity contribution in [1.29, 1.82) is 0 Å². The SMILES string of the molecule is O=[N+]([O-])c1ccc(Nc2nc(-c3cccs3)nc3ccccc23)cc1. The minimum Gasteiger partial charge on any atom is -0.340 e. The van der Waals surface area contributed by atoms with E-state index in [0.29, 0.717) is 11.6 Å². The summed E-state index contributed by atoms with van der Waals surface area (Å²) in [7, 11) is 0. The lowest BCUT2D eigenvalue weighted by atomic mass is 10.2. The number of nitro groups is 1. The van der Waals surface area contributed by atoms with Crippen molar-refractivity contribution in [3.8, 4) is 10.7 Å². The zero-order valence-electron chi connectivity index (χ0n) is 12.9. The molecular weight excluding hydrogens is 336 g/mol. The van der Waals surface area contributed by atoms with E-state index >= 15 is 0 Å². The van der Waals surface area contributed by atoms with Crippen molar-refractivity contribution < 1.29 is 4.92 Å². The van der Waals surface area contributed by atoms with Crippen molar-refractivity contribution in [1.82, 2.24) is 9.97 Å². The van der Waals surface area contributed by atoms with Crippen LogP contribution in [-0.2, 0) is 0 Å². The number of aromatic nitrogens is 2. The first kappa shape index (κ1) is 15.2. The van der Waals surface area contributed by atoms with Gasteiger partial charge in [-0.3, -0.25) is 10.1 Å². The third kappa shape index (κ3) is 3.05. The maximum absolute atomic E-state index is 10.8. The van der Waals surface area contributed by atoms with E-state index in [9.17, 15) is 10.1 Å². The quantitative estimate of drug-likeness (QED) is 0.414. The molecule has 0 bridgehead atoms. The summed E-state index contributed by atoms with van der Waals surface area (Å²) in [5.74, 6) is 1.32. The molecule has 0 atom stereocenters. The van der Waals surface area contributed by atoms with Crippen LogP contribution in [0.5, 0.6) is 0 Å². The van der Waals surface area contributed by atoms with Gasteiger partial charge in [-0.2, -0.15) is 0 Å². The van der Waals surface area contributed by atoms with Crippen LogP contribution in [0.15, 0.2) is 66.0 Å². The fourth-order valence-electron chi connectivity index (χ4n) is 2.49. The molecule has 1 N–H and O–H groups in total. The minimum absolute atomic E-state index is 0.0531. The van der Waals surface area contributed by atoms with Crippen molar-refractivity contribution in [2.45, 2.75) is 0 Å². The summed E-state index contributed by atoms with van der Waals surface area (Å²) in [5, 5.41) is 16.9. The summed E-state index contributed by atoms with van der Waals surface area (Å²) in [6.45, 7) is 0. The van der Waals surface area contributed by atoms with Gasteiger partial charge in [0, 0.05) is 23.2 Å². The summed E-state index contributed by atoms with van der Waals surface area (Å²) in [4.78, 5) is 20.6. The Morgan fingerprint density at radius 2 is 1.76 bits per heavy atom. The fraction of sp³-hybridized carbons (Fsp3) is 0. The van der Waals surface area contributed by atoms with Crippen LogP contribution < -0.4 is 5.32 Å². The molecule has 0 aliphatic heterocycles. The molecule has 2 aromatic heterocycles. The maximum atomic E-state index is 10.8. The Morgan fingerprint density at radius 3 is 2.48 bits per heavy atom. The second-order valence-electron chi connectivity index (χ2n) is 5.32. The lowest BCUT2D eigenvalue weighted by molar-refractivity contribution is -0.384. The summed E-state index contributed by atoms with van der Waals surface area (Å²) >= 11 is 1.58. The van der Waals surface area contributed by atoms with Gasteiger partial charge in [0.15, 0.2) is 5.82 Å². The van der Waals surface area contributed by atoms with Crippen LogP contribution in [0.4, 0.5) is 17.2 Å². The van der Waals surface area contributed by atoms with Gasteiger partial charge in [-0.05, 0) is 35.7 Å². The number of rotatable bonds is 4. The zero-order chi connectivity index (χ0) is 17.2. The number of para-hydroxylation sites is 1. The van der Waals surface area contributed by atoms with Crippen molar-refractivity contribution in [3.63, 3.8) is 0 Å². The van der Waals surface area contributed by atoms with E-state index in [-0.39, 0.29) is 5.69 Å². The molecule has 0 aliphatic rings. The number of nitrogens with one attached hydrogen (secondary N) is 1. The maximum Gasteiger partial charge on any atom is 0.269 e. The van der Waals surface area contributed by atoms with Gasteiger partial charge in [0.2, 0.25) is 0 Å². The molecule has 2 heterocycles. The van der Waals surface area contributed by atoms with E-state index in [1.165, 1.54) is 12.1 Å². The highest BCUT2D eigenvalue weighted by molar-refractivity contribution is 7.13. The normalized spacial score (nSPS) is 10.7. The molecule has 6 nitrogen and oxygen atoms in total. The molecule has 0 aliphatic carbocycles. The lowest BCUT2D eigenvalue weighted by Crippen LogP contribution is -1.99. The fourth-order valence-corrected chi connectivity index (χ4v) is 3.15. The third-order valence-corrected chi connectivity index (χ3v) is 4.55. The lowest BCUT2D eigenvalue weighted by Gasteiger charge is -2.10. The number of fused-ring (bicyclic) bond motifs is 1. The summed E-state index contributed by atoms with van der Waals surface area (Å²) < 4.78 is 0. The smallest absolute Gasteiger partial charge is 0.269 e. The van der Waals surface area contributed by atoms with E-state index < -0.39 is 4.92 Å². The topological polar surface area (TPSA) is 81.0 Å². The molecule has 122 valence electrons. The number of hydrogen-bond acceptors (Lipinski definition) is 6. The van der Waals surface area contributed by atoms with Gasteiger partial charge in [0.05, 0.1) is 15.3 Å². The first-order chi connectivity index (χ1) is 12.2. The van der Waals surface area contributed by atoms with Crippen LogP contribution in [0.1, 0.15) is 0 Å². The number of nitrogens with zero attached hydrogens (tertiary/aromatic N) is 3. The van der Waals surface area contributed by atoms with Gasteiger partial charge in [0.1, 0.15) is 5.82 Å². The Morgan fingerprint density at radius 1 is 0.960 bits per heavy atom. The van der Waals surface area contributed by atoms with Crippen LogP contribution in [0.2, 0.25) is 0 Å². The number of anilines is 2. The van der Waals surface area contributed by atoms with E-state index in [1.807, 2.05) is 41.8 Å². The Labute approximate surface area is 147 Å². The largest absolute Gasteiger partial charge is 0.340 e. The standard InChI is InChI=1S/C18H12N4O2S/c23-22(24)13-9-7-12(8-10-13)19-17-14-4-1-2-5-15(14)20-18(21-17)16-6-3-11-25-16/h1-11H,(H,19,20,21). The van der Waals surface area contributed by atoms with Crippen LogP contribution in [0.25, 0.3) is 21.6 Å². The molecule has 4 rings (SSSR count). The second-order valence-corrected chi connectivity index (χ2v) is 6.27. The first-order valence-corrected chi connectivity index (χ1v) is 8.41. The monoisotopic (exact) mass is 348 g/mol. The van der Waals surface area contributed by atoms with Gasteiger partial charge in [-0.15, -0.1) is 11.3 Å². The van der Waals surface area contributed by atoms with Crippen LogP contribution in [0.3, 0.4) is 0 Å². The predicted molar refractivity (Wildman–Crippen MR) is 99.2 cm³/mol. The van der Waals surface area contributed by atoms with E-state index in [2.05, 4.69) is 15.3 Å². The predicted octanol–water partition coefficient (Wildman–Crippen LogP) is 5.01. The average molecular weight is 348 g/mol. The molecule has 0 saturated carbocycles. The molecule has 0 radical (unpaired) electrons. The van der Waals surface area contributed by atoms with Crippen molar-refractivity contribution in [2.24, 2.45) is 0 Å². The second kappa shape index (κ2) is 6.29. The molecular formula is C18H12N4O2S. The van der Waals surface area contributed by atoms with E-state index in [1.54, 1.807) is 23.5 Å². The van der Waals surface area contributed by atoms with E-state index in [0.717, 1.165) is 21.5 Å². The third-order valence-electron chi connectivity index (χ3n) is 3.69. The number of non-ortho nitro benzene ring substituents is 1. The van der Waals surface area contributed by atoms with Gasteiger partial charge in [-0.25, -0.2) is 9.97 Å². The molecule has 0 fully saturated rings. The van der Waals surface area contributed by atoms with Gasteiger partial charge < -0.3 is 5.32 Å². The van der Waals surface area contributed by atoms with Crippen molar-refractivity contribution in [3.05, 3.63) is 76.2 Å². The Balaban J connectivity index is 1.78. The highest BCUT2D eigenvalue weighted by Crippen LogP contribution is 2.29. The summed E-state index contributed by atoms with van der Waals surface area (Å²) in [6.07, 6.45) is 0. The average Bonchev–Trinajstić information content (AvgIpc) is 3.17. The Bertz CT molecular complexity index is 1050. The molecule has 4 aromatic rings. The molecule has 0 saturated heterocycles. The van der Waals surface area contributed by atoms with Crippen LogP contribution >= 0.6 is 11.3 Å². The number of benzene rings is 2. The molecule has 7 heteroatoms. The first-order valence-electron chi connectivity index (χ1n) is 7.53. The van der Waals surface area contributed by atoms with Gasteiger partial charge >= 0.3 is 0 Å². The molecule has 2 aromatic carbocycles. The van der Waals surface area contributed by atoms with Crippen molar-refractivity contribution in [2.75, 3.05) is 5.32 Å². The summed E-state index contributed by atoms with van der Waals surface area (Å²) in [6, 6.07) is 17.9.